The molecule has 0 aliphatic rings. The highest BCUT2D eigenvalue weighted by atomic mass is 32.1. The fraction of sp³-hybridized carbons (Fsp3) is 0.500. The van der Waals surface area contributed by atoms with Gasteiger partial charge in [0, 0.05) is 12.6 Å². The van der Waals surface area contributed by atoms with Crippen molar-refractivity contribution < 1.29 is 19.1 Å². The maximum atomic E-state index is 13.3. The highest BCUT2D eigenvalue weighted by Gasteiger charge is 2.34. The van der Waals surface area contributed by atoms with Gasteiger partial charge >= 0.3 is 6.09 Å². The molecular formula is C18H24FN3O3S. The Morgan fingerprint density at radius 2 is 2.00 bits per heavy atom. The summed E-state index contributed by atoms with van der Waals surface area (Å²) in [5.74, 6) is -0.588. The van der Waals surface area contributed by atoms with Crippen LogP contribution in [0.25, 0.3) is 10.2 Å². The molecule has 142 valence electrons. The summed E-state index contributed by atoms with van der Waals surface area (Å²) in [5.41, 5.74) is -0.219. The summed E-state index contributed by atoms with van der Waals surface area (Å²) in [6.45, 7) is 8.85. The van der Waals surface area contributed by atoms with Crippen molar-refractivity contribution in [3.63, 3.8) is 0 Å². The molecule has 1 heterocycles. The number of thiazole rings is 1. The van der Waals surface area contributed by atoms with Crippen molar-refractivity contribution >= 4 is 33.6 Å². The minimum Gasteiger partial charge on any atom is -0.465 e. The number of benzene rings is 1. The molecule has 0 unspecified atom stereocenters. The van der Waals surface area contributed by atoms with Gasteiger partial charge in [-0.2, -0.15) is 0 Å². The zero-order valence-corrected chi connectivity index (χ0v) is 16.4. The first-order chi connectivity index (χ1) is 12.0. The van der Waals surface area contributed by atoms with E-state index in [1.807, 2.05) is 0 Å². The number of amides is 2. The van der Waals surface area contributed by atoms with Crippen molar-refractivity contribution in [3.05, 3.63) is 29.0 Å². The first-order valence-corrected chi connectivity index (χ1v) is 9.19. The zero-order chi connectivity index (χ0) is 19.6. The summed E-state index contributed by atoms with van der Waals surface area (Å²) >= 11 is 1.33. The van der Waals surface area contributed by atoms with Crippen molar-refractivity contribution in [1.82, 2.24) is 15.2 Å². The Balaban J connectivity index is 2.12. The number of nitrogens with zero attached hydrogens (tertiary/aromatic N) is 2. The Morgan fingerprint density at radius 1 is 1.35 bits per heavy atom. The van der Waals surface area contributed by atoms with Crippen LogP contribution in [0.4, 0.5) is 9.18 Å². The fourth-order valence-electron chi connectivity index (χ4n) is 2.52. The van der Waals surface area contributed by atoms with Gasteiger partial charge < -0.3 is 15.3 Å². The molecular weight excluding hydrogens is 357 g/mol. The van der Waals surface area contributed by atoms with Crippen LogP contribution >= 0.6 is 11.3 Å². The number of hydrogen-bond acceptors (Lipinski definition) is 4. The van der Waals surface area contributed by atoms with E-state index in [1.165, 1.54) is 28.4 Å². The molecule has 0 bridgehead atoms. The molecule has 0 saturated carbocycles. The zero-order valence-electron chi connectivity index (χ0n) is 15.5. The Morgan fingerprint density at radius 3 is 2.58 bits per heavy atom. The van der Waals surface area contributed by atoms with E-state index in [1.54, 1.807) is 40.7 Å². The molecule has 1 atom stereocenters. The van der Waals surface area contributed by atoms with E-state index >= 15 is 0 Å². The van der Waals surface area contributed by atoms with Gasteiger partial charge in [0.15, 0.2) is 0 Å². The van der Waals surface area contributed by atoms with Crippen LogP contribution in [0.5, 0.6) is 0 Å². The van der Waals surface area contributed by atoms with E-state index in [0.29, 0.717) is 10.5 Å². The average Bonchev–Trinajstić information content (AvgIpc) is 2.95. The van der Waals surface area contributed by atoms with Crippen molar-refractivity contribution in [2.75, 3.05) is 6.54 Å². The van der Waals surface area contributed by atoms with Gasteiger partial charge in [0.2, 0.25) is 5.91 Å². The van der Waals surface area contributed by atoms with Crippen molar-refractivity contribution in [1.29, 1.82) is 0 Å². The van der Waals surface area contributed by atoms with Crippen LogP contribution in [0, 0.1) is 11.2 Å². The van der Waals surface area contributed by atoms with Gasteiger partial charge in [-0.15, -0.1) is 11.3 Å². The number of carboxylic acid groups (broad SMARTS) is 1. The maximum absolute atomic E-state index is 13.3. The molecule has 2 aromatic rings. The SMILES string of the molecule is CC(C)N(CC(C)(C)C(=O)N[C@H](C)c1nc2ccc(F)cc2s1)C(=O)O. The second-order valence-corrected chi connectivity index (χ2v) is 8.31. The Kier molecular flexibility index (Phi) is 5.85. The topological polar surface area (TPSA) is 82.5 Å². The third-order valence-electron chi connectivity index (χ3n) is 4.13. The lowest BCUT2D eigenvalue weighted by Gasteiger charge is -2.33. The van der Waals surface area contributed by atoms with Gasteiger partial charge in [-0.1, -0.05) is 0 Å². The molecule has 2 amide bonds. The molecule has 0 radical (unpaired) electrons. The molecule has 26 heavy (non-hydrogen) atoms. The minimum absolute atomic E-state index is 0.0869. The molecule has 2 rings (SSSR count). The highest BCUT2D eigenvalue weighted by Crippen LogP contribution is 2.28. The summed E-state index contributed by atoms with van der Waals surface area (Å²) < 4.78 is 14.0. The van der Waals surface area contributed by atoms with Crippen LogP contribution in [0.1, 0.15) is 45.7 Å². The number of hydrogen-bond donors (Lipinski definition) is 2. The summed E-state index contributed by atoms with van der Waals surface area (Å²) in [6.07, 6.45) is -1.05. The van der Waals surface area contributed by atoms with Gasteiger partial charge in [0.05, 0.1) is 21.7 Å². The molecule has 0 saturated heterocycles. The van der Waals surface area contributed by atoms with Gasteiger partial charge in [-0.05, 0) is 52.8 Å². The summed E-state index contributed by atoms with van der Waals surface area (Å²) in [4.78, 5) is 29.7. The van der Waals surface area contributed by atoms with Crippen LogP contribution in [-0.4, -0.2) is 39.6 Å². The highest BCUT2D eigenvalue weighted by molar-refractivity contribution is 7.18. The van der Waals surface area contributed by atoms with Gasteiger partial charge in [0.1, 0.15) is 10.8 Å². The second kappa shape index (κ2) is 7.57. The second-order valence-electron chi connectivity index (χ2n) is 7.25. The molecule has 1 aromatic heterocycles. The largest absolute Gasteiger partial charge is 0.465 e. The average molecular weight is 381 g/mol. The van der Waals surface area contributed by atoms with Crippen molar-refractivity contribution in [3.8, 4) is 0 Å². The molecule has 0 aliphatic carbocycles. The van der Waals surface area contributed by atoms with Crippen LogP contribution < -0.4 is 5.32 Å². The monoisotopic (exact) mass is 381 g/mol. The van der Waals surface area contributed by atoms with Gasteiger partial charge in [0.25, 0.3) is 0 Å². The summed E-state index contributed by atoms with van der Waals surface area (Å²) in [5, 5.41) is 12.9. The number of rotatable bonds is 6. The molecule has 2 N–H and O–H groups in total. The lowest BCUT2D eigenvalue weighted by Crippen LogP contribution is -2.49. The quantitative estimate of drug-likeness (QED) is 0.791. The van der Waals surface area contributed by atoms with Crippen LogP contribution in [0.15, 0.2) is 18.2 Å². The van der Waals surface area contributed by atoms with E-state index in [-0.39, 0.29) is 30.4 Å². The van der Waals surface area contributed by atoms with E-state index in [2.05, 4.69) is 10.3 Å². The molecule has 0 spiro atoms. The number of carbonyl (C=O) groups excluding carboxylic acids is 1. The number of nitrogens with one attached hydrogen (secondary N) is 1. The number of halogens is 1. The smallest absolute Gasteiger partial charge is 0.407 e. The van der Waals surface area contributed by atoms with E-state index in [4.69, 9.17) is 0 Å². The lowest BCUT2D eigenvalue weighted by atomic mass is 9.90. The van der Waals surface area contributed by atoms with Crippen molar-refractivity contribution in [2.24, 2.45) is 5.41 Å². The van der Waals surface area contributed by atoms with E-state index in [0.717, 1.165) is 4.70 Å². The Hall–Kier alpha value is -2.22. The molecule has 8 heteroatoms. The predicted octanol–water partition coefficient (Wildman–Crippen LogP) is 4.03. The third kappa shape index (κ3) is 4.49. The van der Waals surface area contributed by atoms with E-state index in [9.17, 15) is 19.1 Å². The minimum atomic E-state index is -1.05. The summed E-state index contributed by atoms with van der Waals surface area (Å²) in [6, 6.07) is 3.79. The molecule has 0 fully saturated rings. The normalized spacial score (nSPS) is 13.0. The van der Waals surface area contributed by atoms with E-state index < -0.39 is 11.5 Å². The Bertz CT molecular complexity index is 819. The first kappa shape index (κ1) is 20.1. The number of fused-ring (bicyclic) bond motifs is 1. The van der Waals surface area contributed by atoms with Crippen LogP contribution in [0.2, 0.25) is 0 Å². The standard InChI is InChI=1S/C18H24FN3O3S/c1-10(2)22(17(24)25)9-18(4,5)16(23)20-11(3)15-21-13-7-6-12(19)8-14(13)26-15/h6-8,10-11H,9H2,1-5H3,(H,20,23)(H,24,25)/t11-/m1/s1. The number of aromatic nitrogens is 1. The lowest BCUT2D eigenvalue weighted by molar-refractivity contribution is -0.130. The van der Waals surface area contributed by atoms with Crippen molar-refractivity contribution in [2.45, 2.75) is 46.7 Å². The predicted molar refractivity (Wildman–Crippen MR) is 99.8 cm³/mol. The van der Waals surface area contributed by atoms with Crippen LogP contribution in [-0.2, 0) is 4.79 Å². The number of carbonyl (C=O) groups is 2. The first-order valence-electron chi connectivity index (χ1n) is 8.38. The van der Waals surface area contributed by atoms with Gasteiger partial charge in [-0.3, -0.25) is 4.79 Å². The van der Waals surface area contributed by atoms with Crippen LogP contribution in [0.3, 0.4) is 0 Å². The van der Waals surface area contributed by atoms with Gasteiger partial charge in [-0.25, -0.2) is 14.2 Å². The molecule has 1 aromatic carbocycles. The fourth-order valence-corrected chi connectivity index (χ4v) is 3.52. The maximum Gasteiger partial charge on any atom is 0.407 e. The summed E-state index contributed by atoms with van der Waals surface area (Å²) in [7, 11) is 0. The molecule has 6 nitrogen and oxygen atoms in total. The third-order valence-corrected chi connectivity index (χ3v) is 5.34. The Labute approximate surface area is 156 Å². The molecule has 0 aliphatic heterocycles.